The molecule has 0 aliphatic carbocycles. The standard InChI is InChI=1S/C21H20N4O3S/c1-21(2)11-14-6-3-4-9-16(14)18-23-24-20(25(18)21)29-12-17(26)22-15-8-5-7-13(10-15)19(27)28/h3-10H,11-12H2,1-2H3,(H,22,26)(H,27,28). The third-order valence-electron chi connectivity index (χ3n) is 4.85. The van der Waals surface area contributed by atoms with E-state index in [9.17, 15) is 9.59 Å². The number of hydrogen-bond acceptors (Lipinski definition) is 5. The number of nitrogens with zero attached hydrogens (tertiary/aromatic N) is 3. The number of benzene rings is 2. The Bertz CT molecular complexity index is 1110. The molecule has 0 atom stereocenters. The Hall–Kier alpha value is -3.13. The first-order valence-electron chi connectivity index (χ1n) is 9.15. The molecule has 0 bridgehead atoms. The molecule has 29 heavy (non-hydrogen) atoms. The van der Waals surface area contributed by atoms with E-state index in [0.29, 0.717) is 10.8 Å². The number of carboxylic acid groups (broad SMARTS) is 1. The molecular formula is C21H20N4O3S. The highest BCUT2D eigenvalue weighted by Crippen LogP contribution is 2.39. The maximum atomic E-state index is 12.4. The van der Waals surface area contributed by atoms with Gasteiger partial charge in [0.1, 0.15) is 0 Å². The third-order valence-corrected chi connectivity index (χ3v) is 5.77. The summed E-state index contributed by atoms with van der Waals surface area (Å²) in [5.74, 6) is -0.307. The van der Waals surface area contributed by atoms with E-state index in [1.165, 1.54) is 29.5 Å². The molecule has 7 nitrogen and oxygen atoms in total. The number of carbonyl (C=O) groups is 2. The zero-order chi connectivity index (χ0) is 20.6. The van der Waals surface area contributed by atoms with Gasteiger partial charge < -0.3 is 10.4 Å². The summed E-state index contributed by atoms with van der Waals surface area (Å²) in [5.41, 5.74) is 2.68. The molecule has 1 aliphatic heterocycles. The largest absolute Gasteiger partial charge is 0.478 e. The second-order valence-corrected chi connectivity index (χ2v) is 8.45. The van der Waals surface area contributed by atoms with E-state index in [2.05, 4.69) is 40.0 Å². The van der Waals surface area contributed by atoms with Gasteiger partial charge in [-0.15, -0.1) is 10.2 Å². The second kappa shape index (κ2) is 7.36. The first kappa shape index (κ1) is 19.2. The van der Waals surface area contributed by atoms with E-state index in [0.717, 1.165) is 17.8 Å². The predicted molar refractivity (Wildman–Crippen MR) is 111 cm³/mol. The summed E-state index contributed by atoms with van der Waals surface area (Å²) in [5, 5.41) is 21.2. The Kier molecular flexibility index (Phi) is 4.87. The number of rotatable bonds is 5. The predicted octanol–water partition coefficient (Wildman–Crippen LogP) is 3.67. The van der Waals surface area contributed by atoms with Gasteiger partial charge in [-0.3, -0.25) is 9.36 Å². The van der Waals surface area contributed by atoms with E-state index >= 15 is 0 Å². The summed E-state index contributed by atoms with van der Waals surface area (Å²) < 4.78 is 2.10. The number of nitrogens with one attached hydrogen (secondary N) is 1. The highest BCUT2D eigenvalue weighted by atomic mass is 32.2. The van der Waals surface area contributed by atoms with Crippen LogP contribution in [0.2, 0.25) is 0 Å². The van der Waals surface area contributed by atoms with Crippen LogP contribution in [0.1, 0.15) is 29.8 Å². The maximum absolute atomic E-state index is 12.4. The Morgan fingerprint density at radius 1 is 1.17 bits per heavy atom. The zero-order valence-electron chi connectivity index (χ0n) is 16.0. The lowest BCUT2D eigenvalue weighted by Gasteiger charge is -2.34. The van der Waals surface area contributed by atoms with Crippen molar-refractivity contribution in [1.82, 2.24) is 14.8 Å². The smallest absolute Gasteiger partial charge is 0.335 e. The van der Waals surface area contributed by atoms with Gasteiger partial charge in [-0.2, -0.15) is 0 Å². The number of aromatic nitrogens is 3. The van der Waals surface area contributed by atoms with E-state index in [1.54, 1.807) is 12.1 Å². The number of amides is 1. The van der Waals surface area contributed by atoms with Crippen molar-refractivity contribution in [2.24, 2.45) is 0 Å². The molecule has 0 unspecified atom stereocenters. The van der Waals surface area contributed by atoms with Gasteiger partial charge in [-0.1, -0.05) is 42.1 Å². The number of carbonyl (C=O) groups excluding carboxylic acids is 1. The van der Waals surface area contributed by atoms with Gasteiger partial charge in [0.2, 0.25) is 5.91 Å². The van der Waals surface area contributed by atoms with Crippen LogP contribution >= 0.6 is 11.8 Å². The van der Waals surface area contributed by atoms with Crippen LogP contribution < -0.4 is 5.32 Å². The molecule has 1 amide bonds. The monoisotopic (exact) mass is 408 g/mol. The lowest BCUT2D eigenvalue weighted by Crippen LogP contribution is -2.33. The third kappa shape index (κ3) is 3.75. The summed E-state index contributed by atoms with van der Waals surface area (Å²) in [6, 6.07) is 14.3. The molecule has 1 aliphatic rings. The summed E-state index contributed by atoms with van der Waals surface area (Å²) in [6.45, 7) is 4.27. The molecule has 8 heteroatoms. The lowest BCUT2D eigenvalue weighted by molar-refractivity contribution is -0.113. The van der Waals surface area contributed by atoms with Crippen molar-refractivity contribution in [1.29, 1.82) is 0 Å². The Morgan fingerprint density at radius 3 is 2.76 bits per heavy atom. The normalized spacial score (nSPS) is 14.0. The van der Waals surface area contributed by atoms with Gasteiger partial charge in [-0.05, 0) is 44.0 Å². The maximum Gasteiger partial charge on any atom is 0.335 e. The van der Waals surface area contributed by atoms with Crippen molar-refractivity contribution in [3.63, 3.8) is 0 Å². The Morgan fingerprint density at radius 2 is 1.97 bits per heavy atom. The number of fused-ring (bicyclic) bond motifs is 3. The van der Waals surface area contributed by atoms with Crippen LogP contribution in [-0.2, 0) is 16.8 Å². The number of thioether (sulfide) groups is 1. The molecule has 2 heterocycles. The quantitative estimate of drug-likeness (QED) is 0.625. The lowest BCUT2D eigenvalue weighted by atomic mass is 9.87. The van der Waals surface area contributed by atoms with Crippen molar-refractivity contribution in [2.45, 2.75) is 31.0 Å². The summed E-state index contributed by atoms with van der Waals surface area (Å²) in [4.78, 5) is 23.5. The number of aromatic carboxylic acids is 1. The summed E-state index contributed by atoms with van der Waals surface area (Å²) in [6.07, 6.45) is 0.857. The molecule has 0 fully saturated rings. The average Bonchev–Trinajstić information content (AvgIpc) is 3.12. The molecule has 2 aromatic carbocycles. The first-order valence-corrected chi connectivity index (χ1v) is 10.1. The molecule has 0 saturated carbocycles. The fourth-order valence-electron chi connectivity index (χ4n) is 3.58. The van der Waals surface area contributed by atoms with Crippen LogP contribution in [0, 0.1) is 0 Å². The van der Waals surface area contributed by atoms with Crippen molar-refractivity contribution >= 4 is 29.3 Å². The molecule has 2 N–H and O–H groups in total. The van der Waals surface area contributed by atoms with Crippen LogP contribution in [0.4, 0.5) is 5.69 Å². The fraction of sp³-hybridized carbons (Fsp3) is 0.238. The Balaban J connectivity index is 1.51. The van der Waals surface area contributed by atoms with Crippen LogP contribution in [0.15, 0.2) is 53.7 Å². The topological polar surface area (TPSA) is 97.1 Å². The zero-order valence-corrected chi connectivity index (χ0v) is 16.9. The highest BCUT2D eigenvalue weighted by Gasteiger charge is 2.34. The van der Waals surface area contributed by atoms with Gasteiger partial charge in [-0.25, -0.2) is 4.79 Å². The van der Waals surface area contributed by atoms with Gasteiger partial charge >= 0.3 is 5.97 Å². The minimum atomic E-state index is -1.03. The molecule has 0 saturated heterocycles. The summed E-state index contributed by atoms with van der Waals surface area (Å²) in [7, 11) is 0. The minimum absolute atomic E-state index is 0.127. The van der Waals surface area contributed by atoms with Crippen molar-refractivity contribution in [2.75, 3.05) is 11.1 Å². The summed E-state index contributed by atoms with van der Waals surface area (Å²) >= 11 is 1.32. The molecule has 148 valence electrons. The SMILES string of the molecule is CC1(C)Cc2ccccc2-c2nnc(SCC(=O)Nc3cccc(C(=O)O)c3)n21. The first-order chi connectivity index (χ1) is 13.8. The van der Waals surface area contributed by atoms with E-state index < -0.39 is 5.97 Å². The van der Waals surface area contributed by atoms with E-state index in [-0.39, 0.29) is 22.8 Å². The minimum Gasteiger partial charge on any atom is -0.478 e. The molecule has 1 aromatic heterocycles. The van der Waals surface area contributed by atoms with Crippen LogP contribution in [0.3, 0.4) is 0 Å². The second-order valence-electron chi connectivity index (χ2n) is 7.51. The molecule has 4 rings (SSSR count). The van der Waals surface area contributed by atoms with Crippen molar-refractivity contribution in [3.8, 4) is 11.4 Å². The molecule has 0 radical (unpaired) electrons. The highest BCUT2D eigenvalue weighted by molar-refractivity contribution is 7.99. The van der Waals surface area contributed by atoms with E-state index in [1.807, 2.05) is 18.2 Å². The van der Waals surface area contributed by atoms with Gasteiger partial charge in [0.25, 0.3) is 0 Å². The molecular weight excluding hydrogens is 388 g/mol. The van der Waals surface area contributed by atoms with Gasteiger partial charge in [0, 0.05) is 16.8 Å². The molecule has 3 aromatic rings. The van der Waals surface area contributed by atoms with Gasteiger partial charge in [0.05, 0.1) is 11.3 Å². The van der Waals surface area contributed by atoms with Gasteiger partial charge in [0.15, 0.2) is 11.0 Å². The van der Waals surface area contributed by atoms with Crippen molar-refractivity contribution < 1.29 is 14.7 Å². The number of carboxylic acids is 1. The number of anilines is 1. The Labute approximate surface area is 172 Å². The van der Waals surface area contributed by atoms with Crippen LogP contribution in [0.5, 0.6) is 0 Å². The molecule has 0 spiro atoms. The van der Waals surface area contributed by atoms with E-state index in [4.69, 9.17) is 5.11 Å². The van der Waals surface area contributed by atoms with Crippen molar-refractivity contribution in [3.05, 3.63) is 59.7 Å². The van der Waals surface area contributed by atoms with Crippen LogP contribution in [-0.4, -0.2) is 37.5 Å². The number of hydrogen-bond donors (Lipinski definition) is 2. The fourth-order valence-corrected chi connectivity index (χ4v) is 4.47. The van der Waals surface area contributed by atoms with Crippen LogP contribution in [0.25, 0.3) is 11.4 Å². The average molecular weight is 408 g/mol.